The van der Waals surface area contributed by atoms with Crippen LogP contribution in [0.15, 0.2) is 66.7 Å². The maximum atomic E-state index is 11.3. The molecular formula is C23H20N4O3. The highest BCUT2D eigenvalue weighted by atomic mass is 16.6. The highest BCUT2D eigenvalue weighted by molar-refractivity contribution is 5.86. The van der Waals surface area contributed by atoms with Gasteiger partial charge in [-0.3, -0.25) is 10.1 Å². The number of phenolic OH excluding ortho intramolecular Hbond substituents is 1. The van der Waals surface area contributed by atoms with Crippen LogP contribution in [0.4, 0.5) is 11.5 Å². The maximum absolute atomic E-state index is 11.3. The summed E-state index contributed by atoms with van der Waals surface area (Å²) >= 11 is 0. The lowest BCUT2D eigenvalue weighted by Gasteiger charge is -2.22. The van der Waals surface area contributed by atoms with Crippen molar-refractivity contribution in [2.75, 3.05) is 5.32 Å². The number of fused-ring (bicyclic) bond motifs is 1. The van der Waals surface area contributed by atoms with Crippen molar-refractivity contribution in [1.29, 1.82) is 0 Å². The van der Waals surface area contributed by atoms with E-state index in [1.165, 1.54) is 12.1 Å². The van der Waals surface area contributed by atoms with Gasteiger partial charge in [0.25, 0.3) is 5.69 Å². The summed E-state index contributed by atoms with van der Waals surface area (Å²) in [6.45, 7) is 3.74. The number of rotatable bonds is 5. The summed E-state index contributed by atoms with van der Waals surface area (Å²) in [5.41, 5.74) is 3.28. The molecule has 0 radical (unpaired) electrons. The fourth-order valence-corrected chi connectivity index (χ4v) is 3.45. The molecule has 0 spiro atoms. The van der Waals surface area contributed by atoms with E-state index < -0.39 is 11.0 Å². The van der Waals surface area contributed by atoms with Gasteiger partial charge in [-0.15, -0.1) is 0 Å². The highest BCUT2D eigenvalue weighted by Gasteiger charge is 2.22. The summed E-state index contributed by atoms with van der Waals surface area (Å²) in [7, 11) is 0. The first kappa shape index (κ1) is 19.3. The van der Waals surface area contributed by atoms with Crippen molar-refractivity contribution < 1.29 is 10.0 Å². The van der Waals surface area contributed by atoms with Crippen molar-refractivity contribution >= 4 is 22.4 Å². The molecule has 1 unspecified atom stereocenters. The number of nitrogens with zero attached hydrogens (tertiary/aromatic N) is 3. The SMILES string of the molecule is Cc1cccc(NC(c2cccc([N+](=O)[O-])c2)c2ccc3ccc(C)nc3c2O)n1. The van der Waals surface area contributed by atoms with Gasteiger partial charge >= 0.3 is 0 Å². The lowest BCUT2D eigenvalue weighted by Crippen LogP contribution is -2.14. The first-order valence-electron chi connectivity index (χ1n) is 9.46. The maximum Gasteiger partial charge on any atom is 0.269 e. The lowest BCUT2D eigenvalue weighted by atomic mass is 9.95. The van der Waals surface area contributed by atoms with E-state index in [1.807, 2.05) is 50.2 Å². The summed E-state index contributed by atoms with van der Waals surface area (Å²) in [6, 6.07) is 18.8. The van der Waals surface area contributed by atoms with Crippen LogP contribution in [-0.2, 0) is 0 Å². The first-order chi connectivity index (χ1) is 14.4. The Kier molecular flexibility index (Phi) is 5.02. The molecule has 0 saturated heterocycles. The fraction of sp³-hybridized carbons (Fsp3) is 0.130. The molecule has 30 heavy (non-hydrogen) atoms. The van der Waals surface area contributed by atoms with Crippen molar-refractivity contribution in [1.82, 2.24) is 9.97 Å². The number of aryl methyl sites for hydroxylation is 2. The minimum atomic E-state index is -0.564. The summed E-state index contributed by atoms with van der Waals surface area (Å²) in [5, 5.41) is 26.5. The van der Waals surface area contributed by atoms with Crippen molar-refractivity contribution in [3.63, 3.8) is 0 Å². The number of anilines is 1. The number of nitrogens with one attached hydrogen (secondary N) is 1. The number of pyridine rings is 2. The zero-order chi connectivity index (χ0) is 21.3. The summed E-state index contributed by atoms with van der Waals surface area (Å²) in [5.74, 6) is 0.635. The van der Waals surface area contributed by atoms with Gasteiger partial charge in [-0.25, -0.2) is 9.97 Å². The zero-order valence-corrected chi connectivity index (χ0v) is 16.5. The zero-order valence-electron chi connectivity index (χ0n) is 16.5. The van der Waals surface area contributed by atoms with Gasteiger partial charge in [0.05, 0.1) is 11.0 Å². The highest BCUT2D eigenvalue weighted by Crippen LogP contribution is 2.37. The third-order valence-electron chi connectivity index (χ3n) is 4.91. The number of phenols is 1. The molecule has 2 aromatic carbocycles. The van der Waals surface area contributed by atoms with Gasteiger partial charge < -0.3 is 10.4 Å². The largest absolute Gasteiger partial charge is 0.505 e. The molecule has 7 heteroatoms. The summed E-state index contributed by atoms with van der Waals surface area (Å²) in [4.78, 5) is 19.8. The van der Waals surface area contributed by atoms with Crippen molar-refractivity contribution in [2.24, 2.45) is 0 Å². The Morgan fingerprint density at radius 1 is 0.967 bits per heavy atom. The fourth-order valence-electron chi connectivity index (χ4n) is 3.45. The monoisotopic (exact) mass is 400 g/mol. The molecule has 0 aliphatic carbocycles. The van der Waals surface area contributed by atoms with Gasteiger partial charge in [0, 0.05) is 34.5 Å². The molecule has 1 atom stereocenters. The Balaban J connectivity index is 1.89. The summed E-state index contributed by atoms with van der Waals surface area (Å²) in [6.07, 6.45) is 0. The summed E-state index contributed by atoms with van der Waals surface area (Å²) < 4.78 is 0. The number of hydrogen-bond acceptors (Lipinski definition) is 6. The second-order valence-corrected chi connectivity index (χ2v) is 7.12. The molecule has 2 heterocycles. The van der Waals surface area contributed by atoms with E-state index in [4.69, 9.17) is 0 Å². The van der Waals surface area contributed by atoms with Crippen LogP contribution >= 0.6 is 0 Å². The van der Waals surface area contributed by atoms with Gasteiger partial charge in [0.1, 0.15) is 17.1 Å². The van der Waals surface area contributed by atoms with E-state index >= 15 is 0 Å². The normalized spacial score (nSPS) is 11.9. The molecule has 150 valence electrons. The van der Waals surface area contributed by atoms with Crippen LogP contribution in [0.3, 0.4) is 0 Å². The smallest absolute Gasteiger partial charge is 0.269 e. The number of aromatic hydroxyl groups is 1. The topological polar surface area (TPSA) is 101 Å². The number of hydrogen-bond donors (Lipinski definition) is 2. The molecule has 2 aromatic heterocycles. The quantitative estimate of drug-likeness (QED) is 0.359. The van der Waals surface area contributed by atoms with Crippen LogP contribution in [0, 0.1) is 24.0 Å². The average molecular weight is 400 g/mol. The van der Waals surface area contributed by atoms with E-state index in [-0.39, 0.29) is 11.4 Å². The van der Waals surface area contributed by atoms with Crippen LogP contribution in [-0.4, -0.2) is 20.0 Å². The Labute approximate surface area is 173 Å². The van der Waals surface area contributed by atoms with Gasteiger partial charge in [0.15, 0.2) is 0 Å². The molecule has 0 amide bonds. The number of nitro groups is 1. The Bertz CT molecular complexity index is 1260. The van der Waals surface area contributed by atoms with E-state index in [0.717, 1.165) is 16.8 Å². The Morgan fingerprint density at radius 2 is 1.70 bits per heavy atom. The molecule has 7 nitrogen and oxygen atoms in total. The van der Waals surface area contributed by atoms with Crippen molar-refractivity contribution in [2.45, 2.75) is 19.9 Å². The van der Waals surface area contributed by atoms with E-state index in [9.17, 15) is 15.2 Å². The minimum absolute atomic E-state index is 0.0225. The van der Waals surface area contributed by atoms with Crippen LogP contribution in [0.25, 0.3) is 10.9 Å². The van der Waals surface area contributed by atoms with Gasteiger partial charge in [-0.2, -0.15) is 0 Å². The van der Waals surface area contributed by atoms with Crippen LogP contribution < -0.4 is 5.32 Å². The molecule has 0 saturated carbocycles. The number of benzene rings is 2. The van der Waals surface area contributed by atoms with Crippen molar-refractivity contribution in [3.05, 3.63) is 99.4 Å². The first-order valence-corrected chi connectivity index (χ1v) is 9.46. The Hall–Kier alpha value is -4.00. The van der Waals surface area contributed by atoms with E-state index in [0.29, 0.717) is 22.5 Å². The second-order valence-electron chi connectivity index (χ2n) is 7.12. The molecule has 4 rings (SSSR count). The van der Waals surface area contributed by atoms with E-state index in [2.05, 4.69) is 15.3 Å². The standard InChI is InChI=1S/C23H20N4O3/c1-14-5-3-8-20(24-14)26-21(17-6-4-7-18(13-17)27(29)30)19-12-11-16-10-9-15(2)25-22(16)23(19)28/h3-13,21,28H,1-2H3,(H,24,26). The third-order valence-corrected chi connectivity index (χ3v) is 4.91. The van der Waals surface area contributed by atoms with Crippen LogP contribution in [0.2, 0.25) is 0 Å². The number of non-ortho nitro benzene ring substituents is 1. The molecule has 2 N–H and O–H groups in total. The second kappa shape index (κ2) is 7.79. The number of nitro benzene ring substituents is 1. The van der Waals surface area contributed by atoms with Crippen molar-refractivity contribution in [3.8, 4) is 5.75 Å². The molecule has 0 bridgehead atoms. The molecule has 0 aliphatic rings. The van der Waals surface area contributed by atoms with Crippen LogP contribution in [0.1, 0.15) is 28.6 Å². The minimum Gasteiger partial charge on any atom is -0.505 e. The predicted molar refractivity (Wildman–Crippen MR) is 116 cm³/mol. The van der Waals surface area contributed by atoms with Gasteiger partial charge in [-0.05, 0) is 37.6 Å². The average Bonchev–Trinajstić information content (AvgIpc) is 2.73. The molecule has 0 fully saturated rings. The Morgan fingerprint density at radius 3 is 2.47 bits per heavy atom. The molecule has 0 aliphatic heterocycles. The van der Waals surface area contributed by atoms with Gasteiger partial charge in [-0.1, -0.05) is 36.4 Å². The lowest BCUT2D eigenvalue weighted by molar-refractivity contribution is -0.384. The predicted octanol–water partition coefficient (Wildman–Crippen LogP) is 5.06. The molecule has 4 aromatic rings. The van der Waals surface area contributed by atoms with E-state index in [1.54, 1.807) is 18.2 Å². The number of aromatic nitrogens is 2. The molecular weight excluding hydrogens is 380 g/mol. The third kappa shape index (κ3) is 3.77. The van der Waals surface area contributed by atoms with Crippen LogP contribution in [0.5, 0.6) is 5.75 Å². The van der Waals surface area contributed by atoms with Gasteiger partial charge in [0.2, 0.25) is 0 Å².